The quantitative estimate of drug-likeness (QED) is 0.901. The molecule has 1 amide bonds. The van der Waals surface area contributed by atoms with Crippen LogP contribution in [-0.4, -0.2) is 17.5 Å². The normalized spacial score (nSPS) is 10.3. The van der Waals surface area contributed by atoms with E-state index in [1.807, 2.05) is 0 Å². The summed E-state index contributed by atoms with van der Waals surface area (Å²) in [6.45, 7) is -2.89. The van der Waals surface area contributed by atoms with Crippen molar-refractivity contribution in [2.24, 2.45) is 0 Å². The number of nitrogens with two attached hydrogens (primary N) is 1. The highest BCUT2D eigenvalue weighted by molar-refractivity contribution is 6.03. The predicted molar refractivity (Wildman–Crippen MR) is 69.7 cm³/mol. The van der Waals surface area contributed by atoms with Crippen molar-refractivity contribution >= 4 is 17.4 Å². The molecule has 0 saturated heterocycles. The number of anilines is 2. The summed E-state index contributed by atoms with van der Waals surface area (Å²) in [5.74, 6) is -0.0786. The standard InChI is InChI=1S/C13H11F2N3O2/c14-13(15)20-10-4-1-8(2-5-10)12(19)18-11-6-3-9(16)7-17-11/h1-7,13H,16H2,(H,17,18,19). The van der Waals surface area contributed by atoms with Crippen LogP contribution in [0.3, 0.4) is 0 Å². The van der Waals surface area contributed by atoms with Gasteiger partial charge in [0, 0.05) is 5.56 Å². The molecule has 20 heavy (non-hydrogen) atoms. The first-order valence-electron chi connectivity index (χ1n) is 5.62. The lowest BCUT2D eigenvalue weighted by Crippen LogP contribution is -2.13. The Bertz CT molecular complexity index is 586. The number of ether oxygens (including phenoxy) is 1. The van der Waals surface area contributed by atoms with Crippen molar-refractivity contribution in [2.45, 2.75) is 6.61 Å². The minimum Gasteiger partial charge on any atom is -0.435 e. The molecule has 0 aliphatic heterocycles. The number of halogens is 2. The molecule has 5 nitrogen and oxygen atoms in total. The Morgan fingerprint density at radius 2 is 1.90 bits per heavy atom. The molecule has 2 rings (SSSR count). The molecule has 0 fully saturated rings. The van der Waals surface area contributed by atoms with Gasteiger partial charge in [-0.3, -0.25) is 4.79 Å². The van der Waals surface area contributed by atoms with E-state index in [4.69, 9.17) is 5.73 Å². The van der Waals surface area contributed by atoms with Gasteiger partial charge in [-0.05, 0) is 36.4 Å². The van der Waals surface area contributed by atoms with Crippen LogP contribution in [0.2, 0.25) is 0 Å². The fraction of sp³-hybridized carbons (Fsp3) is 0.0769. The molecule has 0 atom stereocenters. The van der Waals surface area contributed by atoms with Crippen LogP contribution in [0, 0.1) is 0 Å². The SMILES string of the molecule is Nc1ccc(NC(=O)c2ccc(OC(F)F)cc2)nc1. The lowest BCUT2D eigenvalue weighted by Gasteiger charge is -2.06. The molecular formula is C13H11F2N3O2. The number of nitrogen functional groups attached to an aromatic ring is 1. The first kappa shape index (κ1) is 13.7. The van der Waals surface area contributed by atoms with E-state index < -0.39 is 12.5 Å². The number of aromatic nitrogens is 1. The van der Waals surface area contributed by atoms with E-state index in [2.05, 4.69) is 15.0 Å². The van der Waals surface area contributed by atoms with Crippen molar-refractivity contribution < 1.29 is 18.3 Å². The van der Waals surface area contributed by atoms with E-state index in [9.17, 15) is 13.6 Å². The third-order valence-electron chi connectivity index (χ3n) is 2.37. The smallest absolute Gasteiger partial charge is 0.387 e. The number of nitrogens with zero attached hydrogens (tertiary/aromatic N) is 1. The van der Waals surface area contributed by atoms with Gasteiger partial charge in [-0.2, -0.15) is 8.78 Å². The van der Waals surface area contributed by atoms with E-state index in [0.717, 1.165) is 0 Å². The van der Waals surface area contributed by atoms with Gasteiger partial charge < -0.3 is 15.8 Å². The number of hydrogen-bond donors (Lipinski definition) is 2. The van der Waals surface area contributed by atoms with Gasteiger partial charge in [0.05, 0.1) is 11.9 Å². The number of carbonyl (C=O) groups is 1. The van der Waals surface area contributed by atoms with Gasteiger partial charge in [-0.15, -0.1) is 0 Å². The van der Waals surface area contributed by atoms with Crippen LogP contribution in [0.4, 0.5) is 20.3 Å². The monoisotopic (exact) mass is 279 g/mol. The second kappa shape index (κ2) is 5.96. The van der Waals surface area contributed by atoms with Crippen molar-refractivity contribution in [3.05, 3.63) is 48.2 Å². The van der Waals surface area contributed by atoms with Gasteiger partial charge in [0.25, 0.3) is 5.91 Å². The number of amides is 1. The molecule has 0 aliphatic carbocycles. The van der Waals surface area contributed by atoms with Crippen LogP contribution < -0.4 is 15.8 Å². The van der Waals surface area contributed by atoms with Crippen molar-refractivity contribution in [1.29, 1.82) is 0 Å². The topological polar surface area (TPSA) is 77.2 Å². The van der Waals surface area contributed by atoms with Crippen LogP contribution >= 0.6 is 0 Å². The van der Waals surface area contributed by atoms with Gasteiger partial charge in [0.15, 0.2) is 0 Å². The molecule has 0 unspecified atom stereocenters. The second-order valence-electron chi connectivity index (χ2n) is 3.83. The summed E-state index contributed by atoms with van der Waals surface area (Å²) in [7, 11) is 0. The molecule has 3 N–H and O–H groups in total. The van der Waals surface area contributed by atoms with Gasteiger partial charge in [0.1, 0.15) is 11.6 Å². The highest BCUT2D eigenvalue weighted by Crippen LogP contribution is 2.16. The Hall–Kier alpha value is -2.70. The van der Waals surface area contributed by atoms with Crippen LogP contribution in [0.25, 0.3) is 0 Å². The maximum absolute atomic E-state index is 12.0. The fourth-order valence-electron chi connectivity index (χ4n) is 1.46. The summed E-state index contributed by atoms with van der Waals surface area (Å²) in [6, 6.07) is 8.49. The third-order valence-corrected chi connectivity index (χ3v) is 2.37. The molecule has 0 radical (unpaired) electrons. The predicted octanol–water partition coefficient (Wildman–Crippen LogP) is 2.52. The van der Waals surface area contributed by atoms with Crippen molar-refractivity contribution in [3.8, 4) is 5.75 Å². The molecule has 1 aromatic carbocycles. The lowest BCUT2D eigenvalue weighted by molar-refractivity contribution is -0.0498. The average molecular weight is 279 g/mol. The Kier molecular flexibility index (Phi) is 4.09. The largest absolute Gasteiger partial charge is 0.435 e. The highest BCUT2D eigenvalue weighted by Gasteiger charge is 2.08. The first-order valence-corrected chi connectivity index (χ1v) is 5.62. The summed E-state index contributed by atoms with van der Waals surface area (Å²) in [5.41, 5.74) is 6.25. The Balaban J connectivity index is 2.03. The van der Waals surface area contributed by atoms with E-state index >= 15 is 0 Å². The average Bonchev–Trinajstić information content (AvgIpc) is 2.41. The van der Waals surface area contributed by atoms with Crippen LogP contribution in [0.5, 0.6) is 5.75 Å². The number of pyridine rings is 1. The van der Waals surface area contributed by atoms with Crippen molar-refractivity contribution in [2.75, 3.05) is 11.1 Å². The summed E-state index contributed by atoms with van der Waals surface area (Å²) in [5, 5.41) is 2.55. The van der Waals surface area contributed by atoms with Crippen LogP contribution in [-0.2, 0) is 0 Å². The Labute approximate surface area is 113 Å². The second-order valence-corrected chi connectivity index (χ2v) is 3.83. The molecule has 0 aliphatic rings. The number of hydrogen-bond acceptors (Lipinski definition) is 4. The van der Waals surface area contributed by atoms with Crippen LogP contribution in [0.1, 0.15) is 10.4 Å². The summed E-state index contributed by atoms with van der Waals surface area (Å²) in [6.07, 6.45) is 1.41. The molecule has 104 valence electrons. The molecular weight excluding hydrogens is 268 g/mol. The number of benzene rings is 1. The summed E-state index contributed by atoms with van der Waals surface area (Å²) >= 11 is 0. The first-order chi connectivity index (χ1) is 9.54. The molecule has 0 spiro atoms. The van der Waals surface area contributed by atoms with E-state index in [1.165, 1.54) is 30.5 Å². The fourth-order valence-corrected chi connectivity index (χ4v) is 1.46. The molecule has 0 saturated carbocycles. The molecule has 7 heteroatoms. The zero-order valence-corrected chi connectivity index (χ0v) is 10.2. The molecule has 1 aromatic heterocycles. The van der Waals surface area contributed by atoms with Gasteiger partial charge in [-0.1, -0.05) is 0 Å². The van der Waals surface area contributed by atoms with E-state index in [-0.39, 0.29) is 5.75 Å². The van der Waals surface area contributed by atoms with Crippen molar-refractivity contribution in [3.63, 3.8) is 0 Å². The molecule has 0 bridgehead atoms. The number of nitrogens with one attached hydrogen (secondary N) is 1. The number of carbonyl (C=O) groups excluding carboxylic acids is 1. The number of alkyl halides is 2. The van der Waals surface area contributed by atoms with Crippen molar-refractivity contribution in [1.82, 2.24) is 4.98 Å². The zero-order valence-electron chi connectivity index (χ0n) is 10.2. The lowest BCUT2D eigenvalue weighted by atomic mass is 10.2. The Morgan fingerprint density at radius 1 is 1.20 bits per heavy atom. The van der Waals surface area contributed by atoms with Gasteiger partial charge >= 0.3 is 6.61 Å². The number of rotatable bonds is 4. The van der Waals surface area contributed by atoms with E-state index in [1.54, 1.807) is 12.1 Å². The van der Waals surface area contributed by atoms with Gasteiger partial charge in [-0.25, -0.2) is 4.98 Å². The summed E-state index contributed by atoms with van der Waals surface area (Å²) in [4.78, 5) is 15.8. The highest BCUT2D eigenvalue weighted by atomic mass is 19.3. The maximum Gasteiger partial charge on any atom is 0.387 e. The zero-order chi connectivity index (χ0) is 14.5. The van der Waals surface area contributed by atoms with Crippen LogP contribution in [0.15, 0.2) is 42.6 Å². The molecule has 1 heterocycles. The maximum atomic E-state index is 12.0. The minimum atomic E-state index is -2.89. The molecule has 2 aromatic rings. The Morgan fingerprint density at radius 3 is 2.45 bits per heavy atom. The third kappa shape index (κ3) is 3.64. The minimum absolute atomic E-state index is 0.0119. The summed E-state index contributed by atoms with van der Waals surface area (Å²) < 4.78 is 28.1. The van der Waals surface area contributed by atoms with Gasteiger partial charge in [0.2, 0.25) is 0 Å². The van der Waals surface area contributed by atoms with E-state index in [0.29, 0.717) is 17.1 Å².